The molecule has 3 aromatic rings. The minimum Gasteiger partial charge on any atom is -0.497 e. The normalized spacial score (nSPS) is 13.3. The first-order chi connectivity index (χ1) is 13.6. The van der Waals surface area contributed by atoms with Crippen molar-refractivity contribution in [3.8, 4) is 5.75 Å². The molecule has 0 radical (unpaired) electrons. The fraction of sp³-hybridized carbons (Fsp3) is 0.0909. The van der Waals surface area contributed by atoms with E-state index < -0.39 is 0 Å². The van der Waals surface area contributed by atoms with Gasteiger partial charge in [0, 0.05) is 21.8 Å². The Bertz CT molecular complexity index is 1040. The van der Waals surface area contributed by atoms with Crippen molar-refractivity contribution in [3.05, 3.63) is 94.5 Å². The maximum Gasteiger partial charge on any atom is 0.194 e. The Morgan fingerprint density at radius 1 is 1.04 bits per heavy atom. The third-order valence-corrected chi connectivity index (χ3v) is 5.02. The van der Waals surface area contributed by atoms with E-state index in [1.54, 1.807) is 12.1 Å². The van der Waals surface area contributed by atoms with E-state index in [1.807, 2.05) is 72.8 Å². The second-order valence-corrected chi connectivity index (χ2v) is 7.16. The summed E-state index contributed by atoms with van der Waals surface area (Å²) in [6.07, 6.45) is 0. The lowest BCUT2D eigenvalue weighted by atomic mass is 10.0. The first kappa shape index (κ1) is 18.5. The van der Waals surface area contributed by atoms with Gasteiger partial charge in [-0.1, -0.05) is 54.1 Å². The first-order valence-electron chi connectivity index (χ1n) is 8.79. The number of rotatable bonds is 4. The number of fused-ring (bicyclic) bond motifs is 1. The monoisotopic (exact) mass is 407 g/mol. The summed E-state index contributed by atoms with van der Waals surface area (Å²) in [6, 6.07) is 23.6. The van der Waals surface area contributed by atoms with Crippen molar-refractivity contribution in [1.82, 2.24) is 5.01 Å². The lowest BCUT2D eigenvalue weighted by Gasteiger charge is -2.19. The fourth-order valence-electron chi connectivity index (χ4n) is 3.04. The fourth-order valence-corrected chi connectivity index (χ4v) is 3.43. The summed E-state index contributed by atoms with van der Waals surface area (Å²) in [7, 11) is 1.65. The largest absolute Gasteiger partial charge is 0.497 e. The van der Waals surface area contributed by atoms with Crippen LogP contribution in [0.3, 0.4) is 0 Å². The van der Waals surface area contributed by atoms with Crippen LogP contribution in [0.25, 0.3) is 0 Å². The molecule has 0 bridgehead atoms. The number of nitrogens with zero attached hydrogens (tertiary/aromatic N) is 2. The minimum atomic E-state index is 0.533. The average molecular weight is 408 g/mol. The standard InChI is InChI=1S/C22H18ClN3OS/c1-27-18-10-7-15(8-11-18)14-26-22(28)24-20-12-9-17(23)13-19(20)21(25-26)16-5-3-2-4-6-16/h2-13H,14H2,1H3,(H,24,28). The number of ether oxygens (including phenoxy) is 1. The molecule has 4 nitrogen and oxygen atoms in total. The molecule has 3 aromatic carbocycles. The molecule has 28 heavy (non-hydrogen) atoms. The predicted molar refractivity (Wildman–Crippen MR) is 118 cm³/mol. The zero-order valence-corrected chi connectivity index (χ0v) is 16.8. The van der Waals surface area contributed by atoms with Crippen molar-refractivity contribution in [2.45, 2.75) is 6.54 Å². The Kier molecular flexibility index (Phi) is 5.28. The molecule has 1 aliphatic heterocycles. The third-order valence-electron chi connectivity index (χ3n) is 4.47. The summed E-state index contributed by atoms with van der Waals surface area (Å²) in [6.45, 7) is 0.536. The van der Waals surface area contributed by atoms with Crippen LogP contribution in [0.5, 0.6) is 5.75 Å². The Balaban J connectivity index is 1.77. The van der Waals surface area contributed by atoms with Gasteiger partial charge in [-0.05, 0) is 48.1 Å². The van der Waals surface area contributed by atoms with Gasteiger partial charge in [0.15, 0.2) is 5.11 Å². The van der Waals surface area contributed by atoms with Crippen LogP contribution in [-0.4, -0.2) is 22.9 Å². The lowest BCUT2D eigenvalue weighted by molar-refractivity contribution is 0.413. The number of hydrogen-bond acceptors (Lipinski definition) is 3. The van der Waals surface area contributed by atoms with E-state index in [4.69, 9.17) is 33.7 Å². The maximum absolute atomic E-state index is 6.27. The Morgan fingerprint density at radius 3 is 2.50 bits per heavy atom. The highest BCUT2D eigenvalue weighted by Crippen LogP contribution is 2.28. The zero-order chi connectivity index (χ0) is 19.5. The Labute approximate surface area is 174 Å². The second kappa shape index (κ2) is 8.00. The molecular formula is C22H18ClN3OS. The van der Waals surface area contributed by atoms with Crippen molar-refractivity contribution in [3.63, 3.8) is 0 Å². The Hall–Kier alpha value is -2.89. The van der Waals surface area contributed by atoms with Crippen LogP contribution in [0.2, 0.25) is 5.02 Å². The molecule has 140 valence electrons. The third kappa shape index (κ3) is 3.86. The van der Waals surface area contributed by atoms with Crippen LogP contribution >= 0.6 is 23.8 Å². The summed E-state index contributed by atoms with van der Waals surface area (Å²) in [5.74, 6) is 0.816. The molecule has 0 amide bonds. The molecule has 4 rings (SSSR count). The number of halogens is 1. The maximum atomic E-state index is 6.27. The zero-order valence-electron chi connectivity index (χ0n) is 15.2. The molecule has 0 saturated carbocycles. The molecule has 0 aliphatic carbocycles. The van der Waals surface area contributed by atoms with Crippen LogP contribution in [0.4, 0.5) is 5.69 Å². The summed E-state index contributed by atoms with van der Waals surface area (Å²) >= 11 is 11.9. The highest BCUT2D eigenvalue weighted by atomic mass is 35.5. The number of nitrogens with one attached hydrogen (secondary N) is 1. The summed E-state index contributed by atoms with van der Waals surface area (Å²) in [5, 5.41) is 11.2. The van der Waals surface area contributed by atoms with E-state index in [0.717, 1.165) is 33.8 Å². The predicted octanol–water partition coefficient (Wildman–Crippen LogP) is 5.31. The van der Waals surface area contributed by atoms with Crippen LogP contribution < -0.4 is 10.1 Å². The Morgan fingerprint density at radius 2 is 1.79 bits per heavy atom. The molecule has 1 N–H and O–H groups in total. The number of hydrogen-bond donors (Lipinski definition) is 1. The topological polar surface area (TPSA) is 36.9 Å². The number of benzene rings is 3. The molecule has 0 aromatic heterocycles. The highest BCUT2D eigenvalue weighted by Gasteiger charge is 2.22. The van der Waals surface area contributed by atoms with Gasteiger partial charge in [-0.25, -0.2) is 5.01 Å². The van der Waals surface area contributed by atoms with E-state index in [1.165, 1.54) is 0 Å². The van der Waals surface area contributed by atoms with E-state index in [0.29, 0.717) is 16.7 Å². The summed E-state index contributed by atoms with van der Waals surface area (Å²) in [5.41, 5.74) is 4.69. The van der Waals surface area contributed by atoms with Crippen LogP contribution in [0.1, 0.15) is 16.7 Å². The molecule has 1 heterocycles. The van der Waals surface area contributed by atoms with Crippen LogP contribution in [-0.2, 0) is 6.54 Å². The molecule has 6 heteroatoms. The second-order valence-electron chi connectivity index (χ2n) is 6.34. The first-order valence-corrected chi connectivity index (χ1v) is 9.58. The number of hydrazone groups is 1. The number of methoxy groups -OCH3 is 1. The van der Waals surface area contributed by atoms with Gasteiger partial charge >= 0.3 is 0 Å². The molecule has 0 saturated heterocycles. The molecule has 0 atom stereocenters. The highest BCUT2D eigenvalue weighted by molar-refractivity contribution is 7.80. The van der Waals surface area contributed by atoms with Crippen molar-refractivity contribution in [2.24, 2.45) is 5.10 Å². The SMILES string of the molecule is COc1ccc(CN2N=C(c3ccccc3)c3cc(Cl)ccc3NC2=S)cc1. The summed E-state index contributed by atoms with van der Waals surface area (Å²) < 4.78 is 5.24. The van der Waals surface area contributed by atoms with Gasteiger partial charge in [0.05, 0.1) is 13.7 Å². The quantitative estimate of drug-likeness (QED) is 0.594. The van der Waals surface area contributed by atoms with E-state index in [2.05, 4.69) is 5.32 Å². The lowest BCUT2D eigenvalue weighted by Crippen LogP contribution is -2.29. The summed E-state index contributed by atoms with van der Waals surface area (Å²) in [4.78, 5) is 0. The van der Waals surface area contributed by atoms with E-state index in [9.17, 15) is 0 Å². The molecule has 1 aliphatic rings. The van der Waals surface area contributed by atoms with Gasteiger partial charge in [-0.3, -0.25) is 0 Å². The van der Waals surface area contributed by atoms with Crippen molar-refractivity contribution < 1.29 is 4.74 Å². The average Bonchev–Trinajstić information content (AvgIpc) is 2.86. The molecule has 0 spiro atoms. The minimum absolute atomic E-state index is 0.533. The van der Waals surface area contributed by atoms with Crippen LogP contribution in [0.15, 0.2) is 77.9 Å². The number of anilines is 1. The van der Waals surface area contributed by atoms with Gasteiger partial charge in [-0.15, -0.1) is 0 Å². The van der Waals surface area contributed by atoms with Gasteiger partial charge in [0.2, 0.25) is 0 Å². The van der Waals surface area contributed by atoms with Gasteiger partial charge < -0.3 is 10.1 Å². The van der Waals surface area contributed by atoms with Crippen LogP contribution in [0, 0.1) is 0 Å². The smallest absolute Gasteiger partial charge is 0.194 e. The van der Waals surface area contributed by atoms with Crippen molar-refractivity contribution >= 4 is 40.3 Å². The molecule has 0 unspecified atom stereocenters. The molecule has 0 fully saturated rings. The van der Waals surface area contributed by atoms with Gasteiger partial charge in [0.25, 0.3) is 0 Å². The number of thiocarbonyl (C=S) groups is 1. The van der Waals surface area contributed by atoms with Crippen molar-refractivity contribution in [2.75, 3.05) is 12.4 Å². The van der Waals surface area contributed by atoms with Gasteiger partial charge in [-0.2, -0.15) is 5.10 Å². The van der Waals surface area contributed by atoms with E-state index in [-0.39, 0.29) is 0 Å². The van der Waals surface area contributed by atoms with Gasteiger partial charge in [0.1, 0.15) is 11.5 Å². The molecular weight excluding hydrogens is 390 g/mol. The van der Waals surface area contributed by atoms with E-state index >= 15 is 0 Å². The van der Waals surface area contributed by atoms with Crippen molar-refractivity contribution in [1.29, 1.82) is 0 Å².